The second kappa shape index (κ2) is 7.35. The van der Waals surface area contributed by atoms with E-state index in [4.69, 9.17) is 4.74 Å². The molecule has 7 heteroatoms. The van der Waals surface area contributed by atoms with Gasteiger partial charge in [0.25, 0.3) is 0 Å². The molecular formula is C17H20N2O4S. The van der Waals surface area contributed by atoms with E-state index in [1.165, 1.54) is 14.2 Å². The third-order valence-electron chi connectivity index (χ3n) is 3.52. The van der Waals surface area contributed by atoms with Crippen molar-refractivity contribution >= 4 is 21.4 Å². The molecular weight excluding hydrogens is 328 g/mol. The van der Waals surface area contributed by atoms with Crippen LogP contribution in [0.1, 0.15) is 5.56 Å². The Hall–Kier alpha value is -2.54. The fourth-order valence-electron chi connectivity index (χ4n) is 2.19. The number of ether oxygens (including phenoxy) is 1. The lowest BCUT2D eigenvalue weighted by molar-refractivity contribution is -0.118. The van der Waals surface area contributed by atoms with Crippen molar-refractivity contribution in [3.05, 3.63) is 48.0 Å². The number of sulfone groups is 1. The van der Waals surface area contributed by atoms with Crippen molar-refractivity contribution in [2.75, 3.05) is 26.0 Å². The lowest BCUT2D eigenvalue weighted by Gasteiger charge is -2.15. The SMILES string of the molecule is CNC(=O)CNc1cccc(OC)c1S(=O)(=O)c1ccc(C)cc1. The van der Waals surface area contributed by atoms with Crippen LogP contribution in [-0.2, 0) is 14.6 Å². The summed E-state index contributed by atoms with van der Waals surface area (Å²) >= 11 is 0. The summed E-state index contributed by atoms with van der Waals surface area (Å²) in [6.07, 6.45) is 0. The van der Waals surface area contributed by atoms with Crippen molar-refractivity contribution in [3.8, 4) is 5.75 Å². The molecule has 0 spiro atoms. The Morgan fingerprint density at radius 1 is 1.12 bits per heavy atom. The fraction of sp³-hybridized carbons (Fsp3) is 0.235. The lowest BCUT2D eigenvalue weighted by atomic mass is 10.2. The number of aryl methyl sites for hydroxylation is 1. The van der Waals surface area contributed by atoms with Crippen LogP contribution in [0.5, 0.6) is 5.75 Å². The van der Waals surface area contributed by atoms with E-state index >= 15 is 0 Å². The minimum atomic E-state index is -3.80. The highest BCUT2D eigenvalue weighted by atomic mass is 32.2. The number of likely N-dealkylation sites (N-methyl/N-ethyl adjacent to an activating group) is 1. The van der Waals surface area contributed by atoms with Gasteiger partial charge in [-0.3, -0.25) is 4.79 Å². The second-order valence-electron chi connectivity index (χ2n) is 5.18. The fourth-order valence-corrected chi connectivity index (χ4v) is 3.77. The predicted octanol–water partition coefficient (Wildman–Crippen LogP) is 1.99. The Morgan fingerprint density at radius 3 is 2.38 bits per heavy atom. The standard InChI is InChI=1S/C17H20N2O4S/c1-12-7-9-13(10-8-12)24(21,22)17-14(19-11-16(20)18-2)5-4-6-15(17)23-3/h4-10,19H,11H2,1-3H3,(H,18,20). The van der Waals surface area contributed by atoms with Crippen LogP contribution in [0.2, 0.25) is 0 Å². The first kappa shape index (κ1) is 17.8. The molecule has 1 amide bonds. The van der Waals surface area contributed by atoms with Gasteiger partial charge in [-0.25, -0.2) is 8.42 Å². The molecule has 0 saturated carbocycles. The minimum Gasteiger partial charge on any atom is -0.495 e. The summed E-state index contributed by atoms with van der Waals surface area (Å²) < 4.78 is 31.3. The van der Waals surface area contributed by atoms with Gasteiger partial charge < -0.3 is 15.4 Å². The summed E-state index contributed by atoms with van der Waals surface area (Å²) in [5, 5.41) is 5.33. The molecule has 0 aliphatic rings. The van der Waals surface area contributed by atoms with E-state index < -0.39 is 9.84 Å². The van der Waals surface area contributed by atoms with E-state index in [1.54, 1.807) is 42.5 Å². The number of benzene rings is 2. The monoisotopic (exact) mass is 348 g/mol. The molecule has 0 radical (unpaired) electrons. The summed E-state index contributed by atoms with van der Waals surface area (Å²) in [6, 6.07) is 11.4. The number of rotatable bonds is 6. The molecule has 0 atom stereocenters. The van der Waals surface area contributed by atoms with Crippen LogP contribution in [0.3, 0.4) is 0 Å². The van der Waals surface area contributed by atoms with Crippen LogP contribution < -0.4 is 15.4 Å². The van der Waals surface area contributed by atoms with Crippen molar-refractivity contribution in [3.63, 3.8) is 0 Å². The van der Waals surface area contributed by atoms with Crippen molar-refractivity contribution in [2.24, 2.45) is 0 Å². The number of hydrogen-bond donors (Lipinski definition) is 2. The van der Waals surface area contributed by atoms with Gasteiger partial charge in [0.1, 0.15) is 10.6 Å². The number of carbonyl (C=O) groups is 1. The zero-order valence-corrected chi connectivity index (χ0v) is 14.6. The zero-order chi connectivity index (χ0) is 17.7. The molecule has 0 bridgehead atoms. The molecule has 2 aromatic rings. The predicted molar refractivity (Wildman–Crippen MR) is 92.2 cm³/mol. The minimum absolute atomic E-state index is 0.0141. The van der Waals surface area contributed by atoms with Crippen LogP contribution in [-0.4, -0.2) is 35.0 Å². The number of anilines is 1. The van der Waals surface area contributed by atoms with Gasteiger partial charge >= 0.3 is 0 Å². The van der Waals surface area contributed by atoms with Gasteiger partial charge in [-0.1, -0.05) is 23.8 Å². The maximum Gasteiger partial charge on any atom is 0.239 e. The van der Waals surface area contributed by atoms with Gasteiger partial charge in [-0.15, -0.1) is 0 Å². The van der Waals surface area contributed by atoms with Crippen molar-refractivity contribution in [1.82, 2.24) is 5.32 Å². The first-order valence-electron chi connectivity index (χ1n) is 7.33. The highest BCUT2D eigenvalue weighted by molar-refractivity contribution is 7.91. The van der Waals surface area contributed by atoms with Gasteiger partial charge in [0.15, 0.2) is 0 Å². The van der Waals surface area contributed by atoms with Gasteiger partial charge in [-0.2, -0.15) is 0 Å². The summed E-state index contributed by atoms with van der Waals surface area (Å²) in [5.74, 6) is -0.0333. The van der Waals surface area contributed by atoms with Crippen molar-refractivity contribution in [1.29, 1.82) is 0 Å². The summed E-state index contributed by atoms with van der Waals surface area (Å²) in [6.45, 7) is 1.84. The molecule has 0 aromatic heterocycles. The molecule has 0 fully saturated rings. The molecule has 2 N–H and O–H groups in total. The van der Waals surface area contributed by atoms with E-state index in [1.807, 2.05) is 6.92 Å². The molecule has 0 aliphatic heterocycles. The second-order valence-corrected chi connectivity index (χ2v) is 7.07. The van der Waals surface area contributed by atoms with Gasteiger partial charge in [-0.05, 0) is 31.2 Å². The Balaban J connectivity index is 2.54. The Bertz CT molecular complexity index is 830. The van der Waals surface area contributed by atoms with Crippen molar-refractivity contribution in [2.45, 2.75) is 16.7 Å². The molecule has 0 unspecified atom stereocenters. The third-order valence-corrected chi connectivity index (χ3v) is 5.37. The van der Waals surface area contributed by atoms with E-state index in [2.05, 4.69) is 10.6 Å². The van der Waals surface area contributed by atoms with Crippen LogP contribution in [0.15, 0.2) is 52.3 Å². The Labute approximate surface area is 141 Å². The van der Waals surface area contributed by atoms with Crippen LogP contribution in [0, 0.1) is 6.92 Å². The lowest BCUT2D eigenvalue weighted by Crippen LogP contribution is -2.26. The quantitative estimate of drug-likeness (QED) is 0.834. The average Bonchev–Trinajstić information content (AvgIpc) is 2.59. The molecule has 128 valence electrons. The molecule has 0 aliphatic carbocycles. The first-order chi connectivity index (χ1) is 11.4. The number of amides is 1. The van der Waals surface area contributed by atoms with Gasteiger partial charge in [0, 0.05) is 7.05 Å². The van der Waals surface area contributed by atoms with Crippen LogP contribution >= 0.6 is 0 Å². The Morgan fingerprint density at radius 2 is 1.79 bits per heavy atom. The van der Waals surface area contributed by atoms with Gasteiger partial charge in [0.05, 0.1) is 24.2 Å². The highest BCUT2D eigenvalue weighted by Gasteiger charge is 2.26. The van der Waals surface area contributed by atoms with E-state index in [9.17, 15) is 13.2 Å². The maximum atomic E-state index is 13.0. The molecule has 6 nitrogen and oxygen atoms in total. The topological polar surface area (TPSA) is 84.5 Å². The largest absolute Gasteiger partial charge is 0.495 e. The molecule has 2 rings (SSSR count). The van der Waals surface area contributed by atoms with Gasteiger partial charge in [0.2, 0.25) is 15.7 Å². The maximum absolute atomic E-state index is 13.0. The highest BCUT2D eigenvalue weighted by Crippen LogP contribution is 2.35. The summed E-state index contributed by atoms with van der Waals surface area (Å²) in [7, 11) is -0.881. The summed E-state index contributed by atoms with van der Waals surface area (Å²) in [5.41, 5.74) is 1.28. The zero-order valence-electron chi connectivity index (χ0n) is 13.8. The molecule has 0 saturated heterocycles. The van der Waals surface area contributed by atoms with Crippen molar-refractivity contribution < 1.29 is 17.9 Å². The van der Waals surface area contributed by atoms with Crippen LogP contribution in [0.4, 0.5) is 5.69 Å². The number of methoxy groups -OCH3 is 1. The first-order valence-corrected chi connectivity index (χ1v) is 8.81. The third kappa shape index (κ3) is 3.68. The summed E-state index contributed by atoms with van der Waals surface area (Å²) in [4.78, 5) is 11.6. The van der Waals surface area contributed by atoms with Crippen LogP contribution in [0.25, 0.3) is 0 Å². The normalized spacial score (nSPS) is 11.0. The molecule has 2 aromatic carbocycles. The number of carbonyl (C=O) groups excluding carboxylic acids is 1. The van der Waals surface area contributed by atoms with E-state index in [0.29, 0.717) is 5.69 Å². The van der Waals surface area contributed by atoms with E-state index in [-0.39, 0.29) is 28.0 Å². The number of hydrogen-bond acceptors (Lipinski definition) is 5. The average molecular weight is 348 g/mol. The molecule has 24 heavy (non-hydrogen) atoms. The smallest absolute Gasteiger partial charge is 0.239 e. The Kier molecular flexibility index (Phi) is 5.46. The number of nitrogens with one attached hydrogen (secondary N) is 2. The van der Waals surface area contributed by atoms with E-state index in [0.717, 1.165) is 5.56 Å². The molecule has 0 heterocycles.